The van der Waals surface area contributed by atoms with Crippen LogP contribution in [0.2, 0.25) is 0 Å². The normalized spacial score (nSPS) is 14.5. The van der Waals surface area contributed by atoms with E-state index in [2.05, 4.69) is 46.1 Å². The van der Waals surface area contributed by atoms with Gasteiger partial charge in [-0.05, 0) is 57.7 Å². The minimum Gasteiger partial charge on any atom is -0.444 e. The Kier molecular flexibility index (Phi) is 6.29. The molecule has 1 aliphatic carbocycles. The maximum atomic E-state index is 12.6. The van der Waals surface area contributed by atoms with E-state index in [0.29, 0.717) is 0 Å². The van der Waals surface area contributed by atoms with Gasteiger partial charge >= 0.3 is 6.09 Å². The number of hydrogen-bond acceptors (Lipinski definition) is 4. The first kappa shape index (κ1) is 25.6. The number of carbonyl (C=O) groups is 1. The third kappa shape index (κ3) is 4.79. The van der Waals surface area contributed by atoms with Crippen molar-refractivity contribution in [3.63, 3.8) is 0 Å². The molecule has 202 valence electrons. The number of amides is 1. The average molecular weight is 533 g/mol. The molecule has 5 aromatic rings. The summed E-state index contributed by atoms with van der Waals surface area (Å²) < 4.78 is 9.22. The van der Waals surface area contributed by atoms with Crippen molar-refractivity contribution in [2.75, 3.05) is 0 Å². The molecule has 3 heterocycles. The van der Waals surface area contributed by atoms with Crippen LogP contribution in [-0.4, -0.2) is 25.6 Å². The molecule has 3 aromatic heterocycles. The molecule has 0 spiro atoms. The molecular weight excluding hydrogens is 500 g/mol. The van der Waals surface area contributed by atoms with Gasteiger partial charge in [-0.2, -0.15) is 0 Å². The van der Waals surface area contributed by atoms with E-state index in [1.165, 1.54) is 0 Å². The molecule has 0 atom stereocenters. The molecule has 0 aliphatic heterocycles. The summed E-state index contributed by atoms with van der Waals surface area (Å²) in [6.07, 6.45) is 6.13. The zero-order chi connectivity index (χ0) is 27.9. The first-order valence-corrected chi connectivity index (χ1v) is 13.6. The van der Waals surface area contributed by atoms with Crippen molar-refractivity contribution in [2.24, 2.45) is 0 Å². The molecule has 7 nitrogen and oxygen atoms in total. The average Bonchev–Trinajstić information content (AvgIpc) is 3.29. The Hall–Kier alpha value is -4.65. The fourth-order valence-corrected chi connectivity index (χ4v) is 5.36. The Morgan fingerprint density at radius 2 is 1.62 bits per heavy atom. The largest absolute Gasteiger partial charge is 0.444 e. The maximum absolute atomic E-state index is 12.6. The van der Waals surface area contributed by atoms with E-state index in [4.69, 9.17) is 9.72 Å². The van der Waals surface area contributed by atoms with Gasteiger partial charge in [-0.1, -0.05) is 60.7 Å². The van der Waals surface area contributed by atoms with Gasteiger partial charge in [0, 0.05) is 35.7 Å². The Bertz CT molecular complexity index is 1740. The summed E-state index contributed by atoms with van der Waals surface area (Å²) in [4.78, 5) is 30.1. The third-order valence-electron chi connectivity index (χ3n) is 7.42. The molecule has 7 heteroatoms. The second-order valence-corrected chi connectivity index (χ2v) is 11.3. The molecule has 1 saturated carbocycles. The number of nitrogens with one attached hydrogen (secondary N) is 1. The van der Waals surface area contributed by atoms with Crippen LogP contribution in [0.15, 0.2) is 102 Å². The van der Waals surface area contributed by atoms with Crippen LogP contribution in [0.3, 0.4) is 0 Å². The molecule has 1 aliphatic rings. The van der Waals surface area contributed by atoms with E-state index in [1.807, 2.05) is 63.4 Å². The summed E-state index contributed by atoms with van der Waals surface area (Å²) in [5, 5.41) is 3.14. The monoisotopic (exact) mass is 532 g/mol. The molecule has 1 amide bonds. The van der Waals surface area contributed by atoms with Crippen LogP contribution in [0, 0.1) is 0 Å². The van der Waals surface area contributed by atoms with Crippen LogP contribution in [0.1, 0.15) is 45.6 Å². The van der Waals surface area contributed by atoms with Crippen LogP contribution in [0.25, 0.3) is 33.8 Å². The molecular formula is C33H32N4O3. The Morgan fingerprint density at radius 1 is 0.900 bits per heavy atom. The summed E-state index contributed by atoms with van der Waals surface area (Å²) in [6, 6.07) is 27.5. The van der Waals surface area contributed by atoms with Crippen molar-refractivity contribution in [3.05, 3.63) is 113 Å². The lowest BCUT2D eigenvalue weighted by Crippen LogP contribution is -2.52. The van der Waals surface area contributed by atoms with Crippen LogP contribution in [-0.2, 0) is 10.3 Å². The maximum Gasteiger partial charge on any atom is 0.408 e. The molecule has 0 unspecified atom stereocenters. The number of pyridine rings is 2. The standard InChI is InChI=1S/C33H32N4O3/c1-32(2,3)40-31(39)35-33(18-9-19-33)25-15-13-23(14-16-25)29-30(24-10-5-4-6-11-24)37-21-17-26(22-27(37)34-29)36-20-8-7-12-28(36)38/h4-8,10-17,20-22H,9,18-19H2,1-3H3,(H,35,39). The topological polar surface area (TPSA) is 77.6 Å². The lowest BCUT2D eigenvalue weighted by atomic mass is 9.71. The predicted octanol–water partition coefficient (Wildman–Crippen LogP) is 6.72. The third-order valence-corrected chi connectivity index (χ3v) is 7.42. The van der Waals surface area contributed by atoms with E-state index in [0.717, 1.165) is 58.7 Å². The SMILES string of the molecule is CC(C)(C)OC(=O)NC1(c2ccc(-c3nc4cc(-n5ccccc5=O)ccn4c3-c3ccccc3)cc2)CCC1. The van der Waals surface area contributed by atoms with Crippen LogP contribution >= 0.6 is 0 Å². The second-order valence-electron chi connectivity index (χ2n) is 11.3. The molecule has 40 heavy (non-hydrogen) atoms. The molecule has 2 aromatic carbocycles. The molecule has 1 fully saturated rings. The number of carbonyl (C=O) groups excluding carboxylic acids is 1. The van der Waals surface area contributed by atoms with Gasteiger partial charge in [0.25, 0.3) is 5.56 Å². The number of aromatic nitrogens is 3. The Labute approximate surface area is 233 Å². The number of benzene rings is 2. The van der Waals surface area contributed by atoms with Crippen molar-refractivity contribution in [2.45, 2.75) is 51.2 Å². The van der Waals surface area contributed by atoms with Crippen molar-refractivity contribution in [1.82, 2.24) is 19.3 Å². The highest BCUT2D eigenvalue weighted by Crippen LogP contribution is 2.42. The van der Waals surface area contributed by atoms with E-state index in [-0.39, 0.29) is 5.56 Å². The highest BCUT2D eigenvalue weighted by molar-refractivity contribution is 5.82. The molecule has 0 bridgehead atoms. The van der Waals surface area contributed by atoms with Gasteiger partial charge in [-0.15, -0.1) is 0 Å². The van der Waals surface area contributed by atoms with Gasteiger partial charge < -0.3 is 10.1 Å². The summed E-state index contributed by atoms with van der Waals surface area (Å²) in [7, 11) is 0. The van der Waals surface area contributed by atoms with E-state index in [1.54, 1.807) is 22.9 Å². The fourth-order valence-electron chi connectivity index (χ4n) is 5.36. The summed E-state index contributed by atoms with van der Waals surface area (Å²) >= 11 is 0. The zero-order valence-corrected chi connectivity index (χ0v) is 22.9. The van der Waals surface area contributed by atoms with E-state index >= 15 is 0 Å². The van der Waals surface area contributed by atoms with Gasteiger partial charge in [0.15, 0.2) is 0 Å². The van der Waals surface area contributed by atoms with Gasteiger partial charge in [-0.25, -0.2) is 9.78 Å². The van der Waals surface area contributed by atoms with E-state index < -0.39 is 17.2 Å². The smallest absolute Gasteiger partial charge is 0.408 e. The zero-order valence-electron chi connectivity index (χ0n) is 22.9. The van der Waals surface area contributed by atoms with Crippen LogP contribution < -0.4 is 10.9 Å². The van der Waals surface area contributed by atoms with Crippen molar-refractivity contribution in [1.29, 1.82) is 0 Å². The van der Waals surface area contributed by atoms with Gasteiger partial charge in [0.1, 0.15) is 11.2 Å². The molecule has 6 rings (SSSR count). The van der Waals surface area contributed by atoms with Crippen molar-refractivity contribution < 1.29 is 9.53 Å². The lowest BCUT2D eigenvalue weighted by molar-refractivity contribution is 0.0377. The van der Waals surface area contributed by atoms with E-state index in [9.17, 15) is 9.59 Å². The van der Waals surface area contributed by atoms with Crippen LogP contribution in [0.4, 0.5) is 4.79 Å². The van der Waals surface area contributed by atoms with Crippen molar-refractivity contribution in [3.8, 4) is 28.2 Å². The number of ether oxygens (including phenoxy) is 1. The first-order chi connectivity index (χ1) is 19.2. The number of imidazole rings is 1. The minimum absolute atomic E-state index is 0.0950. The highest BCUT2D eigenvalue weighted by Gasteiger charge is 2.41. The first-order valence-electron chi connectivity index (χ1n) is 13.6. The molecule has 0 radical (unpaired) electrons. The summed E-state index contributed by atoms with van der Waals surface area (Å²) in [5.74, 6) is 0. The number of nitrogens with zero attached hydrogens (tertiary/aromatic N) is 3. The Morgan fingerprint density at radius 3 is 2.27 bits per heavy atom. The Balaban J connectivity index is 1.40. The van der Waals surface area contributed by atoms with Gasteiger partial charge in [0.05, 0.1) is 22.6 Å². The number of rotatable bonds is 5. The predicted molar refractivity (Wildman–Crippen MR) is 157 cm³/mol. The second kappa shape index (κ2) is 9.83. The number of hydrogen-bond donors (Lipinski definition) is 1. The van der Waals surface area contributed by atoms with Gasteiger partial charge in [-0.3, -0.25) is 13.8 Å². The summed E-state index contributed by atoms with van der Waals surface area (Å²) in [6.45, 7) is 5.61. The number of alkyl carbamates (subject to hydrolysis) is 1. The fraction of sp³-hybridized carbons (Fsp3) is 0.242. The molecule has 1 N–H and O–H groups in total. The van der Waals surface area contributed by atoms with Crippen molar-refractivity contribution >= 4 is 11.7 Å². The minimum atomic E-state index is -0.552. The summed E-state index contributed by atoms with van der Waals surface area (Å²) in [5.41, 5.74) is 5.32. The van der Waals surface area contributed by atoms with Crippen LogP contribution in [0.5, 0.6) is 0 Å². The molecule has 0 saturated heterocycles. The quantitative estimate of drug-likeness (QED) is 0.272. The number of fused-ring (bicyclic) bond motifs is 1. The highest BCUT2D eigenvalue weighted by atomic mass is 16.6. The lowest BCUT2D eigenvalue weighted by Gasteiger charge is -2.43. The van der Waals surface area contributed by atoms with Gasteiger partial charge in [0.2, 0.25) is 0 Å².